The summed E-state index contributed by atoms with van der Waals surface area (Å²) < 4.78 is 5.44. The Kier molecular flexibility index (Phi) is 4.71. The highest BCUT2D eigenvalue weighted by molar-refractivity contribution is 7.13. The molecule has 1 saturated heterocycles. The average Bonchev–Trinajstić information content (AvgIpc) is 3.23. The molecule has 1 atom stereocenters. The molecular weight excluding hydrogens is 326 g/mol. The molecule has 130 valence electrons. The van der Waals surface area contributed by atoms with E-state index in [1.54, 1.807) is 25.2 Å². The molecule has 1 aliphatic rings. The Bertz CT molecular complexity index is 684. The number of hydrogen-bond acceptors (Lipinski definition) is 7. The lowest BCUT2D eigenvalue weighted by Crippen LogP contribution is -2.57. The van der Waals surface area contributed by atoms with Gasteiger partial charge in [-0.2, -0.15) is 4.98 Å². The molecule has 24 heavy (non-hydrogen) atoms. The summed E-state index contributed by atoms with van der Waals surface area (Å²) in [5.74, 6) is 1.23. The number of rotatable bonds is 4. The molecular formula is C16H23N5O2S. The first-order valence-corrected chi connectivity index (χ1v) is 8.94. The smallest absolute Gasteiger partial charge is 0.244 e. The minimum atomic E-state index is -0.824. The molecule has 1 unspecified atom stereocenters. The van der Waals surface area contributed by atoms with Gasteiger partial charge in [-0.3, -0.25) is 9.69 Å². The first kappa shape index (κ1) is 17.1. The monoisotopic (exact) mass is 349 g/mol. The van der Waals surface area contributed by atoms with Crippen molar-refractivity contribution in [1.82, 2.24) is 19.9 Å². The molecule has 1 aliphatic heterocycles. The van der Waals surface area contributed by atoms with Crippen molar-refractivity contribution in [2.45, 2.75) is 32.4 Å². The Morgan fingerprint density at radius 1 is 1.38 bits per heavy atom. The van der Waals surface area contributed by atoms with E-state index in [-0.39, 0.29) is 11.9 Å². The third-order valence-electron chi connectivity index (χ3n) is 4.24. The molecule has 1 amide bonds. The summed E-state index contributed by atoms with van der Waals surface area (Å²) in [5, 5.41) is 6.06. The van der Waals surface area contributed by atoms with Crippen molar-refractivity contribution in [3.8, 4) is 10.7 Å². The van der Waals surface area contributed by atoms with Crippen LogP contribution in [0.4, 0.5) is 0 Å². The topological polar surface area (TPSA) is 88.5 Å². The Morgan fingerprint density at radius 3 is 2.67 bits per heavy atom. The molecule has 2 aromatic rings. The number of carbonyl (C=O) groups is 1. The number of nitrogens with two attached hydrogens (primary N) is 1. The first-order chi connectivity index (χ1) is 11.4. The lowest BCUT2D eigenvalue weighted by atomic mass is 10.0. The fraction of sp³-hybridized carbons (Fsp3) is 0.562. The number of piperazine rings is 1. The minimum Gasteiger partial charge on any atom is -0.339 e. The van der Waals surface area contributed by atoms with Crippen molar-refractivity contribution in [1.29, 1.82) is 0 Å². The number of hydrogen-bond donors (Lipinski definition) is 1. The summed E-state index contributed by atoms with van der Waals surface area (Å²) in [5.41, 5.74) is 5.08. The van der Waals surface area contributed by atoms with Crippen molar-refractivity contribution in [3.63, 3.8) is 0 Å². The molecule has 7 nitrogen and oxygen atoms in total. The van der Waals surface area contributed by atoms with Crippen LogP contribution in [0.2, 0.25) is 0 Å². The van der Waals surface area contributed by atoms with E-state index >= 15 is 0 Å². The molecule has 3 heterocycles. The highest BCUT2D eigenvalue weighted by Gasteiger charge is 2.32. The zero-order chi connectivity index (χ0) is 17.3. The molecule has 0 spiro atoms. The zero-order valence-corrected chi connectivity index (χ0v) is 15.0. The summed E-state index contributed by atoms with van der Waals surface area (Å²) in [4.78, 5) is 21.8. The normalized spacial score (nSPS) is 17.9. The summed E-state index contributed by atoms with van der Waals surface area (Å²) in [6.45, 7) is 8.39. The first-order valence-electron chi connectivity index (χ1n) is 8.06. The third-order valence-corrected chi connectivity index (χ3v) is 5.11. The van der Waals surface area contributed by atoms with Crippen LogP contribution in [-0.2, 0) is 4.79 Å². The van der Waals surface area contributed by atoms with Gasteiger partial charge in [0, 0.05) is 26.2 Å². The summed E-state index contributed by atoms with van der Waals surface area (Å²) in [7, 11) is 0. The van der Waals surface area contributed by atoms with Gasteiger partial charge in [-0.15, -0.1) is 11.3 Å². The van der Waals surface area contributed by atoms with Crippen LogP contribution in [0.15, 0.2) is 22.0 Å². The predicted molar refractivity (Wildman–Crippen MR) is 92.4 cm³/mol. The number of amides is 1. The summed E-state index contributed by atoms with van der Waals surface area (Å²) >= 11 is 1.59. The van der Waals surface area contributed by atoms with Gasteiger partial charge in [0.1, 0.15) is 0 Å². The molecule has 8 heteroatoms. The number of nitrogens with zero attached hydrogens (tertiary/aromatic N) is 4. The summed E-state index contributed by atoms with van der Waals surface area (Å²) in [6, 6.07) is 3.96. The van der Waals surface area contributed by atoms with E-state index in [0.717, 1.165) is 18.0 Å². The number of aromatic nitrogens is 2. The van der Waals surface area contributed by atoms with Crippen LogP contribution in [-0.4, -0.2) is 57.6 Å². The molecule has 2 N–H and O–H groups in total. The van der Waals surface area contributed by atoms with Gasteiger partial charge >= 0.3 is 0 Å². The highest BCUT2D eigenvalue weighted by atomic mass is 32.1. The minimum absolute atomic E-state index is 0.00688. The lowest BCUT2D eigenvalue weighted by Gasteiger charge is -2.39. The van der Waals surface area contributed by atoms with Gasteiger partial charge in [-0.1, -0.05) is 11.2 Å². The largest absolute Gasteiger partial charge is 0.339 e. The van der Waals surface area contributed by atoms with Gasteiger partial charge in [0.05, 0.1) is 16.5 Å². The van der Waals surface area contributed by atoms with Crippen LogP contribution in [0, 0.1) is 0 Å². The number of carbonyl (C=O) groups excluding carboxylic acids is 1. The van der Waals surface area contributed by atoms with Gasteiger partial charge in [0.15, 0.2) is 0 Å². The zero-order valence-electron chi connectivity index (χ0n) is 14.2. The molecule has 3 rings (SSSR count). The number of thiophene rings is 1. The van der Waals surface area contributed by atoms with E-state index in [1.165, 1.54) is 0 Å². The Balaban J connectivity index is 1.61. The van der Waals surface area contributed by atoms with Crippen LogP contribution < -0.4 is 5.73 Å². The van der Waals surface area contributed by atoms with Gasteiger partial charge in [0.2, 0.25) is 17.6 Å². The van der Waals surface area contributed by atoms with Gasteiger partial charge in [0.25, 0.3) is 0 Å². The second kappa shape index (κ2) is 6.62. The van der Waals surface area contributed by atoms with E-state index in [9.17, 15) is 4.79 Å². The van der Waals surface area contributed by atoms with Crippen LogP contribution in [0.1, 0.15) is 32.7 Å². The van der Waals surface area contributed by atoms with E-state index < -0.39 is 5.54 Å². The second-order valence-electron chi connectivity index (χ2n) is 6.66. The van der Waals surface area contributed by atoms with Crippen molar-refractivity contribution >= 4 is 17.2 Å². The molecule has 1 fully saturated rings. The van der Waals surface area contributed by atoms with Crippen LogP contribution >= 0.6 is 11.3 Å². The van der Waals surface area contributed by atoms with E-state index in [0.29, 0.717) is 24.8 Å². The van der Waals surface area contributed by atoms with E-state index in [4.69, 9.17) is 10.3 Å². The Hall–Kier alpha value is -1.77. The second-order valence-corrected chi connectivity index (χ2v) is 7.61. The molecule has 0 radical (unpaired) electrons. The quantitative estimate of drug-likeness (QED) is 0.904. The van der Waals surface area contributed by atoms with Crippen molar-refractivity contribution in [2.24, 2.45) is 5.73 Å². The Labute approximate surface area is 145 Å². The highest BCUT2D eigenvalue weighted by Crippen LogP contribution is 2.26. The fourth-order valence-electron chi connectivity index (χ4n) is 2.79. The maximum Gasteiger partial charge on any atom is 0.244 e. The SMILES string of the molecule is CC(c1nc(-c2cccs2)no1)N1CCN(C(=O)C(C)(C)N)CC1. The van der Waals surface area contributed by atoms with E-state index in [1.807, 2.05) is 22.4 Å². The van der Waals surface area contributed by atoms with Gasteiger partial charge in [-0.05, 0) is 32.2 Å². The van der Waals surface area contributed by atoms with Crippen molar-refractivity contribution in [3.05, 3.63) is 23.4 Å². The lowest BCUT2D eigenvalue weighted by molar-refractivity contribution is -0.137. The fourth-order valence-corrected chi connectivity index (χ4v) is 3.44. The van der Waals surface area contributed by atoms with E-state index in [2.05, 4.69) is 22.0 Å². The van der Waals surface area contributed by atoms with Crippen LogP contribution in [0.5, 0.6) is 0 Å². The van der Waals surface area contributed by atoms with Gasteiger partial charge in [-0.25, -0.2) is 0 Å². The predicted octanol–water partition coefficient (Wildman–Crippen LogP) is 1.74. The van der Waals surface area contributed by atoms with Crippen molar-refractivity contribution in [2.75, 3.05) is 26.2 Å². The summed E-state index contributed by atoms with van der Waals surface area (Å²) in [6.07, 6.45) is 0. The van der Waals surface area contributed by atoms with Gasteiger partial charge < -0.3 is 15.2 Å². The third kappa shape index (κ3) is 3.50. The molecule has 0 aliphatic carbocycles. The maximum atomic E-state index is 12.2. The maximum absolute atomic E-state index is 12.2. The standard InChI is InChI=1S/C16H23N5O2S/c1-11(14-18-13(19-23-14)12-5-4-10-24-12)20-6-8-21(9-7-20)15(22)16(2,3)17/h4-5,10-11H,6-9,17H2,1-3H3. The van der Waals surface area contributed by atoms with Crippen molar-refractivity contribution < 1.29 is 9.32 Å². The molecule has 0 bridgehead atoms. The molecule has 2 aromatic heterocycles. The molecule has 0 aromatic carbocycles. The average molecular weight is 349 g/mol. The van der Waals surface area contributed by atoms with Crippen LogP contribution in [0.25, 0.3) is 10.7 Å². The Morgan fingerprint density at radius 2 is 2.08 bits per heavy atom. The molecule has 0 saturated carbocycles. The van der Waals surface area contributed by atoms with Crippen LogP contribution in [0.3, 0.4) is 0 Å².